The number of aldehydes is 1. The average Bonchev–Trinajstić information content (AvgIpc) is 3.04. The van der Waals surface area contributed by atoms with Crippen LogP contribution in [0, 0.1) is 0 Å². The molecule has 2 aromatic carbocycles. The van der Waals surface area contributed by atoms with E-state index in [-0.39, 0.29) is 11.9 Å². The first-order valence-corrected chi connectivity index (χ1v) is 7.91. The highest BCUT2D eigenvalue weighted by atomic mass is 16.2. The molecule has 0 saturated carbocycles. The van der Waals surface area contributed by atoms with Gasteiger partial charge in [-0.15, -0.1) is 0 Å². The smallest absolute Gasteiger partial charge is 0.241 e. The largest absolute Gasteiger partial charge is 0.324 e. The van der Waals surface area contributed by atoms with Gasteiger partial charge in [-0.1, -0.05) is 42.5 Å². The van der Waals surface area contributed by atoms with Crippen LogP contribution in [0.25, 0.3) is 0 Å². The number of hydrogen-bond donors (Lipinski definition) is 1. The standard InChI is InChI=1S/C19H20N2O2/c22-14-16-9-4-5-10-17(16)20-19(23)18-11-6-12-21(18)13-15-7-2-1-3-8-15/h1-5,7-10,14,18H,6,11-13H2,(H,20,23)/t18-/m1/s1. The normalized spacial score (nSPS) is 17.8. The van der Waals surface area contributed by atoms with Crippen LogP contribution in [-0.4, -0.2) is 29.7 Å². The molecule has 1 atom stereocenters. The van der Waals surface area contributed by atoms with Crippen LogP contribution in [0.15, 0.2) is 54.6 Å². The Labute approximate surface area is 136 Å². The van der Waals surface area contributed by atoms with Gasteiger partial charge in [-0.25, -0.2) is 0 Å². The Kier molecular flexibility index (Phi) is 4.83. The molecule has 2 aromatic rings. The van der Waals surface area contributed by atoms with Crippen molar-refractivity contribution in [2.45, 2.75) is 25.4 Å². The predicted octanol–water partition coefficient (Wildman–Crippen LogP) is 3.10. The molecule has 1 amide bonds. The molecule has 0 aromatic heterocycles. The van der Waals surface area contributed by atoms with E-state index < -0.39 is 0 Å². The number of amides is 1. The van der Waals surface area contributed by atoms with Crippen molar-refractivity contribution in [1.29, 1.82) is 0 Å². The lowest BCUT2D eigenvalue weighted by atomic mass is 10.1. The number of carbonyl (C=O) groups is 2. The van der Waals surface area contributed by atoms with Gasteiger partial charge in [-0.2, -0.15) is 0 Å². The molecule has 3 rings (SSSR count). The predicted molar refractivity (Wildman–Crippen MR) is 90.3 cm³/mol. The molecule has 4 nitrogen and oxygen atoms in total. The SMILES string of the molecule is O=Cc1ccccc1NC(=O)[C@H]1CCCN1Cc1ccccc1. The molecule has 0 unspecified atom stereocenters. The molecular formula is C19H20N2O2. The number of likely N-dealkylation sites (tertiary alicyclic amines) is 1. The Balaban J connectivity index is 1.69. The summed E-state index contributed by atoms with van der Waals surface area (Å²) in [5, 5.41) is 2.91. The highest BCUT2D eigenvalue weighted by molar-refractivity contribution is 5.99. The zero-order chi connectivity index (χ0) is 16.1. The van der Waals surface area contributed by atoms with Gasteiger partial charge in [0.05, 0.1) is 11.7 Å². The van der Waals surface area contributed by atoms with Gasteiger partial charge in [0.15, 0.2) is 6.29 Å². The lowest BCUT2D eigenvalue weighted by Crippen LogP contribution is -2.39. The molecule has 1 aliphatic heterocycles. The zero-order valence-corrected chi connectivity index (χ0v) is 12.9. The van der Waals surface area contributed by atoms with Crippen LogP contribution in [0.2, 0.25) is 0 Å². The van der Waals surface area contributed by atoms with E-state index in [1.807, 2.05) is 24.3 Å². The highest BCUT2D eigenvalue weighted by Gasteiger charge is 2.30. The van der Waals surface area contributed by atoms with Crippen molar-refractivity contribution in [2.24, 2.45) is 0 Å². The Hall–Kier alpha value is -2.46. The molecule has 118 valence electrons. The summed E-state index contributed by atoms with van der Waals surface area (Å²) in [6, 6.07) is 17.1. The number of nitrogens with zero attached hydrogens (tertiary/aromatic N) is 1. The Morgan fingerprint density at radius 3 is 2.65 bits per heavy atom. The number of hydrogen-bond acceptors (Lipinski definition) is 3. The van der Waals surface area contributed by atoms with Gasteiger partial charge in [0.25, 0.3) is 0 Å². The van der Waals surface area contributed by atoms with Gasteiger partial charge >= 0.3 is 0 Å². The van der Waals surface area contributed by atoms with Gasteiger partial charge in [0.1, 0.15) is 0 Å². The summed E-state index contributed by atoms with van der Waals surface area (Å²) >= 11 is 0. The van der Waals surface area contributed by atoms with E-state index in [2.05, 4.69) is 22.3 Å². The van der Waals surface area contributed by atoms with E-state index >= 15 is 0 Å². The van der Waals surface area contributed by atoms with E-state index in [1.165, 1.54) is 5.56 Å². The molecular weight excluding hydrogens is 288 g/mol. The number of benzene rings is 2. The van der Waals surface area contributed by atoms with Crippen molar-refractivity contribution in [3.05, 3.63) is 65.7 Å². The Morgan fingerprint density at radius 2 is 1.87 bits per heavy atom. The van der Waals surface area contributed by atoms with Crippen molar-refractivity contribution in [1.82, 2.24) is 4.90 Å². The first-order chi connectivity index (χ1) is 11.3. The second kappa shape index (κ2) is 7.20. The topological polar surface area (TPSA) is 49.4 Å². The summed E-state index contributed by atoms with van der Waals surface area (Å²) in [7, 11) is 0. The van der Waals surface area contributed by atoms with Gasteiger partial charge < -0.3 is 5.32 Å². The second-order valence-corrected chi connectivity index (χ2v) is 5.81. The van der Waals surface area contributed by atoms with Crippen LogP contribution >= 0.6 is 0 Å². The lowest BCUT2D eigenvalue weighted by Gasteiger charge is -2.24. The summed E-state index contributed by atoms with van der Waals surface area (Å²) in [6.07, 6.45) is 2.63. The van der Waals surface area contributed by atoms with Crippen molar-refractivity contribution >= 4 is 17.9 Å². The summed E-state index contributed by atoms with van der Waals surface area (Å²) in [5.74, 6) is -0.0345. The molecule has 0 spiro atoms. The molecule has 1 aliphatic rings. The number of anilines is 1. The summed E-state index contributed by atoms with van der Waals surface area (Å²) < 4.78 is 0. The fraction of sp³-hybridized carbons (Fsp3) is 0.263. The molecule has 0 bridgehead atoms. The molecule has 4 heteroatoms. The summed E-state index contributed by atoms with van der Waals surface area (Å²) in [4.78, 5) is 25.9. The number of rotatable bonds is 5. The van der Waals surface area contributed by atoms with Crippen LogP contribution in [0.3, 0.4) is 0 Å². The zero-order valence-electron chi connectivity index (χ0n) is 12.9. The average molecular weight is 308 g/mol. The molecule has 1 saturated heterocycles. The molecule has 23 heavy (non-hydrogen) atoms. The molecule has 1 N–H and O–H groups in total. The number of carbonyl (C=O) groups excluding carboxylic acids is 2. The van der Waals surface area contributed by atoms with Gasteiger partial charge in [0, 0.05) is 12.1 Å². The first kappa shape index (κ1) is 15.4. The first-order valence-electron chi connectivity index (χ1n) is 7.91. The minimum atomic E-state index is -0.144. The minimum absolute atomic E-state index is 0.0345. The van der Waals surface area contributed by atoms with Gasteiger partial charge in [-0.05, 0) is 37.1 Å². The van der Waals surface area contributed by atoms with Crippen LogP contribution in [0.5, 0.6) is 0 Å². The van der Waals surface area contributed by atoms with Crippen molar-refractivity contribution in [2.75, 3.05) is 11.9 Å². The number of nitrogens with one attached hydrogen (secondary N) is 1. The second-order valence-electron chi connectivity index (χ2n) is 5.81. The van der Waals surface area contributed by atoms with Crippen LogP contribution in [0.4, 0.5) is 5.69 Å². The molecule has 0 radical (unpaired) electrons. The molecule has 1 fully saturated rings. The fourth-order valence-electron chi connectivity index (χ4n) is 3.06. The third-order valence-corrected chi connectivity index (χ3v) is 4.24. The quantitative estimate of drug-likeness (QED) is 0.864. The maximum atomic E-state index is 12.6. The van der Waals surface area contributed by atoms with E-state index in [4.69, 9.17) is 0 Å². The number of para-hydroxylation sites is 1. The highest BCUT2D eigenvalue weighted by Crippen LogP contribution is 2.22. The third-order valence-electron chi connectivity index (χ3n) is 4.24. The maximum Gasteiger partial charge on any atom is 0.241 e. The van der Waals surface area contributed by atoms with E-state index in [0.717, 1.165) is 32.2 Å². The Bertz CT molecular complexity index is 685. The van der Waals surface area contributed by atoms with Gasteiger partial charge in [-0.3, -0.25) is 14.5 Å². The van der Waals surface area contributed by atoms with Gasteiger partial charge in [0.2, 0.25) is 5.91 Å². The monoisotopic (exact) mass is 308 g/mol. The third kappa shape index (κ3) is 3.66. The Morgan fingerprint density at radius 1 is 1.13 bits per heavy atom. The fourth-order valence-corrected chi connectivity index (χ4v) is 3.06. The van der Waals surface area contributed by atoms with E-state index in [0.29, 0.717) is 11.3 Å². The lowest BCUT2D eigenvalue weighted by molar-refractivity contribution is -0.120. The summed E-state index contributed by atoms with van der Waals surface area (Å²) in [5.41, 5.74) is 2.30. The van der Waals surface area contributed by atoms with Crippen LogP contribution < -0.4 is 5.32 Å². The summed E-state index contributed by atoms with van der Waals surface area (Å²) in [6.45, 7) is 1.69. The molecule has 0 aliphatic carbocycles. The van der Waals surface area contributed by atoms with E-state index in [1.54, 1.807) is 18.2 Å². The van der Waals surface area contributed by atoms with Crippen LogP contribution in [0.1, 0.15) is 28.8 Å². The minimum Gasteiger partial charge on any atom is -0.324 e. The van der Waals surface area contributed by atoms with Crippen molar-refractivity contribution in [3.63, 3.8) is 0 Å². The van der Waals surface area contributed by atoms with Crippen molar-refractivity contribution in [3.8, 4) is 0 Å². The van der Waals surface area contributed by atoms with E-state index in [9.17, 15) is 9.59 Å². The maximum absolute atomic E-state index is 12.6. The van der Waals surface area contributed by atoms with Crippen molar-refractivity contribution < 1.29 is 9.59 Å². The molecule has 1 heterocycles. The van der Waals surface area contributed by atoms with Crippen LogP contribution in [-0.2, 0) is 11.3 Å².